The Labute approximate surface area is 108 Å². The number of nitrogens with one attached hydrogen (secondary N) is 1. The molecule has 0 spiro atoms. The van der Waals surface area contributed by atoms with Crippen molar-refractivity contribution in [3.05, 3.63) is 35.1 Å². The van der Waals surface area contributed by atoms with Gasteiger partial charge in [-0.1, -0.05) is 11.6 Å². The number of hydrogen-bond acceptors (Lipinski definition) is 5. The lowest BCUT2D eigenvalue weighted by atomic mass is 10.2. The number of rotatable bonds is 0. The summed E-state index contributed by atoms with van der Waals surface area (Å²) in [5.74, 6) is 0.629. The topological polar surface area (TPSA) is 64.8 Å². The quantitative estimate of drug-likeness (QED) is 0.783. The highest BCUT2D eigenvalue weighted by atomic mass is 35.5. The zero-order chi connectivity index (χ0) is 12.7. The predicted molar refractivity (Wildman–Crippen MR) is 69.7 cm³/mol. The summed E-state index contributed by atoms with van der Waals surface area (Å²) < 4.78 is 0. The van der Waals surface area contributed by atoms with E-state index in [4.69, 9.17) is 16.9 Å². The van der Waals surface area contributed by atoms with E-state index in [-0.39, 0.29) is 0 Å². The molecule has 0 aliphatic carbocycles. The zero-order valence-corrected chi connectivity index (χ0v) is 10.2. The molecule has 1 aromatic carbocycles. The Balaban J connectivity index is 2.33. The van der Waals surface area contributed by atoms with Gasteiger partial charge in [0.2, 0.25) is 0 Å². The number of aromatic nitrogens is 2. The molecule has 0 radical (unpaired) electrons. The van der Waals surface area contributed by atoms with Crippen LogP contribution in [0.3, 0.4) is 0 Å². The fourth-order valence-corrected chi connectivity index (χ4v) is 1.98. The third-order valence-electron chi connectivity index (χ3n) is 2.70. The summed E-state index contributed by atoms with van der Waals surface area (Å²) in [7, 11) is 1.82. The van der Waals surface area contributed by atoms with Crippen molar-refractivity contribution in [2.24, 2.45) is 0 Å². The molecule has 1 aliphatic rings. The van der Waals surface area contributed by atoms with E-state index in [0.717, 1.165) is 5.52 Å². The van der Waals surface area contributed by atoms with E-state index in [1.807, 2.05) is 13.1 Å². The molecule has 88 valence electrons. The lowest BCUT2D eigenvalue weighted by Crippen LogP contribution is -2.34. The van der Waals surface area contributed by atoms with Crippen molar-refractivity contribution < 1.29 is 0 Å². The van der Waals surface area contributed by atoms with Crippen molar-refractivity contribution in [1.82, 2.24) is 15.4 Å². The highest BCUT2D eigenvalue weighted by Crippen LogP contribution is 2.28. The lowest BCUT2D eigenvalue weighted by Gasteiger charge is -2.24. The summed E-state index contributed by atoms with van der Waals surface area (Å²) in [6.45, 7) is 0. The zero-order valence-electron chi connectivity index (χ0n) is 9.48. The molecule has 6 heteroatoms. The molecule has 5 nitrogen and oxygen atoms in total. The predicted octanol–water partition coefficient (Wildman–Crippen LogP) is 2.10. The van der Waals surface area contributed by atoms with Crippen molar-refractivity contribution >= 4 is 34.0 Å². The minimum absolute atomic E-state index is 0.456. The smallest absolute Gasteiger partial charge is 0.175 e. The SMILES string of the molecule is CN1NC=C(C#N)c2nc3cc(Cl)ccc3nc21. The van der Waals surface area contributed by atoms with Gasteiger partial charge in [-0.3, -0.25) is 5.01 Å². The number of hydrazine groups is 1. The Morgan fingerprint density at radius 1 is 1.33 bits per heavy atom. The van der Waals surface area contributed by atoms with Gasteiger partial charge in [0, 0.05) is 18.3 Å². The second-order valence-corrected chi connectivity index (χ2v) is 4.32. The summed E-state index contributed by atoms with van der Waals surface area (Å²) >= 11 is 5.93. The van der Waals surface area contributed by atoms with Crippen LogP contribution in [0.15, 0.2) is 24.4 Å². The first-order chi connectivity index (χ1) is 8.69. The van der Waals surface area contributed by atoms with Crippen molar-refractivity contribution in [2.45, 2.75) is 0 Å². The molecule has 18 heavy (non-hydrogen) atoms. The van der Waals surface area contributed by atoms with Gasteiger partial charge in [-0.2, -0.15) is 5.26 Å². The number of fused-ring (bicyclic) bond motifs is 2. The van der Waals surface area contributed by atoms with E-state index < -0.39 is 0 Å². The normalized spacial score (nSPS) is 13.6. The van der Waals surface area contributed by atoms with Crippen LogP contribution in [0.2, 0.25) is 5.02 Å². The first kappa shape index (κ1) is 10.8. The summed E-state index contributed by atoms with van der Waals surface area (Å²) in [6, 6.07) is 7.41. The molecule has 0 amide bonds. The number of nitrogens with zero attached hydrogens (tertiary/aromatic N) is 4. The molecule has 2 heterocycles. The maximum atomic E-state index is 9.08. The van der Waals surface area contributed by atoms with E-state index in [1.165, 1.54) is 0 Å². The average Bonchev–Trinajstić information content (AvgIpc) is 2.37. The maximum absolute atomic E-state index is 9.08. The number of benzene rings is 1. The molecule has 0 unspecified atom stereocenters. The molecule has 0 saturated heterocycles. The number of anilines is 1. The van der Waals surface area contributed by atoms with Gasteiger partial charge in [-0.25, -0.2) is 9.97 Å². The van der Waals surface area contributed by atoms with E-state index in [1.54, 1.807) is 23.3 Å². The van der Waals surface area contributed by atoms with E-state index in [0.29, 0.717) is 27.6 Å². The number of nitriles is 1. The molecule has 0 fully saturated rings. The fraction of sp³-hybridized carbons (Fsp3) is 0.0833. The Bertz CT molecular complexity index is 716. The second-order valence-electron chi connectivity index (χ2n) is 3.89. The third kappa shape index (κ3) is 1.55. The van der Waals surface area contributed by atoms with Crippen LogP contribution in [0, 0.1) is 11.3 Å². The van der Waals surface area contributed by atoms with Gasteiger partial charge in [0.25, 0.3) is 0 Å². The molecule has 0 bridgehead atoms. The van der Waals surface area contributed by atoms with E-state index >= 15 is 0 Å². The summed E-state index contributed by atoms with van der Waals surface area (Å²) in [5.41, 5.74) is 5.38. The molecule has 3 rings (SSSR count). The molecule has 1 aromatic heterocycles. The monoisotopic (exact) mass is 257 g/mol. The van der Waals surface area contributed by atoms with Gasteiger partial charge in [0.1, 0.15) is 11.8 Å². The highest BCUT2D eigenvalue weighted by Gasteiger charge is 2.20. The molecule has 0 atom stereocenters. The van der Waals surface area contributed by atoms with E-state index in [9.17, 15) is 0 Å². The molecule has 1 aliphatic heterocycles. The van der Waals surface area contributed by atoms with Crippen LogP contribution in [0.4, 0.5) is 5.82 Å². The van der Waals surface area contributed by atoms with Crippen LogP contribution in [0.5, 0.6) is 0 Å². The Kier molecular flexibility index (Phi) is 2.32. The average molecular weight is 258 g/mol. The van der Waals surface area contributed by atoms with Gasteiger partial charge < -0.3 is 5.43 Å². The van der Waals surface area contributed by atoms with E-state index in [2.05, 4.69) is 21.5 Å². The van der Waals surface area contributed by atoms with Crippen LogP contribution in [0.25, 0.3) is 16.6 Å². The largest absolute Gasteiger partial charge is 0.303 e. The molecule has 1 N–H and O–H groups in total. The van der Waals surface area contributed by atoms with Crippen LogP contribution in [-0.2, 0) is 0 Å². The van der Waals surface area contributed by atoms with Gasteiger partial charge >= 0.3 is 0 Å². The number of hydrogen-bond donors (Lipinski definition) is 1. The first-order valence-electron chi connectivity index (χ1n) is 5.27. The molecular weight excluding hydrogens is 250 g/mol. The van der Waals surface area contributed by atoms with Crippen LogP contribution in [-0.4, -0.2) is 17.0 Å². The standard InChI is InChI=1S/C12H8ClN5/c1-18-12-11(7(5-14)6-15-18)16-10-4-8(13)2-3-9(10)17-12/h2-4,6,15H,1H3. The Hall–Kier alpha value is -2.32. The Morgan fingerprint density at radius 3 is 2.94 bits per heavy atom. The highest BCUT2D eigenvalue weighted by molar-refractivity contribution is 6.31. The number of allylic oxidation sites excluding steroid dienone is 1. The van der Waals surface area contributed by atoms with Gasteiger partial charge in [-0.05, 0) is 18.2 Å². The van der Waals surface area contributed by atoms with Gasteiger partial charge in [-0.15, -0.1) is 0 Å². The van der Waals surface area contributed by atoms with Crippen molar-refractivity contribution in [2.75, 3.05) is 12.1 Å². The summed E-state index contributed by atoms with van der Waals surface area (Å²) in [6.07, 6.45) is 1.60. The summed E-state index contributed by atoms with van der Waals surface area (Å²) in [5, 5.41) is 11.4. The van der Waals surface area contributed by atoms with Crippen LogP contribution < -0.4 is 10.4 Å². The third-order valence-corrected chi connectivity index (χ3v) is 2.94. The van der Waals surface area contributed by atoms with Crippen molar-refractivity contribution in [1.29, 1.82) is 5.26 Å². The molecular formula is C12H8ClN5. The van der Waals surface area contributed by atoms with Gasteiger partial charge in [0.05, 0.1) is 16.6 Å². The maximum Gasteiger partial charge on any atom is 0.175 e. The minimum atomic E-state index is 0.456. The second kappa shape index (κ2) is 3.86. The van der Waals surface area contributed by atoms with Crippen molar-refractivity contribution in [3.8, 4) is 6.07 Å². The van der Waals surface area contributed by atoms with Gasteiger partial charge in [0.15, 0.2) is 5.82 Å². The van der Waals surface area contributed by atoms with Crippen molar-refractivity contribution in [3.63, 3.8) is 0 Å². The molecule has 0 saturated carbocycles. The fourth-order valence-electron chi connectivity index (χ4n) is 1.81. The Morgan fingerprint density at radius 2 is 2.17 bits per heavy atom. The lowest BCUT2D eigenvalue weighted by molar-refractivity contribution is 0.805. The minimum Gasteiger partial charge on any atom is -0.303 e. The molecule has 2 aromatic rings. The van der Waals surface area contributed by atoms with Crippen LogP contribution >= 0.6 is 11.6 Å². The summed E-state index contributed by atoms with van der Waals surface area (Å²) in [4.78, 5) is 8.95. The van der Waals surface area contributed by atoms with Crippen LogP contribution in [0.1, 0.15) is 5.69 Å². The number of halogens is 1. The first-order valence-corrected chi connectivity index (χ1v) is 5.64.